The predicted molar refractivity (Wildman–Crippen MR) is 125 cm³/mol. The molecule has 3 aromatic rings. The van der Waals surface area contributed by atoms with E-state index < -0.39 is 6.04 Å². The SMILES string of the molecule is CCCCCN1C(=O)c2oc3c(C)cc(C)cc3c(=O)c2C1c1ccc(C(C)C)cc1. The Kier molecular flexibility index (Phi) is 5.74. The lowest BCUT2D eigenvalue weighted by atomic mass is 9.94. The Labute approximate surface area is 183 Å². The Morgan fingerprint density at radius 1 is 1.03 bits per heavy atom. The molecule has 31 heavy (non-hydrogen) atoms. The summed E-state index contributed by atoms with van der Waals surface area (Å²) < 4.78 is 6.14. The number of carbonyl (C=O) groups excluding carboxylic acids is 1. The highest BCUT2D eigenvalue weighted by atomic mass is 16.3. The number of hydrogen-bond acceptors (Lipinski definition) is 3. The summed E-state index contributed by atoms with van der Waals surface area (Å²) in [4.78, 5) is 28.9. The van der Waals surface area contributed by atoms with E-state index in [1.807, 2.05) is 30.9 Å². The molecule has 1 aliphatic rings. The molecule has 1 amide bonds. The lowest BCUT2D eigenvalue weighted by molar-refractivity contribution is 0.0724. The van der Waals surface area contributed by atoms with Crippen LogP contribution in [0.25, 0.3) is 11.0 Å². The molecule has 4 rings (SSSR count). The van der Waals surface area contributed by atoms with Gasteiger partial charge in [-0.1, -0.05) is 63.9 Å². The summed E-state index contributed by atoms with van der Waals surface area (Å²) in [5.41, 5.74) is 5.01. The van der Waals surface area contributed by atoms with Crippen LogP contribution >= 0.6 is 0 Å². The molecule has 0 fully saturated rings. The zero-order chi connectivity index (χ0) is 22.3. The zero-order valence-electron chi connectivity index (χ0n) is 19.1. The van der Waals surface area contributed by atoms with Gasteiger partial charge >= 0.3 is 0 Å². The summed E-state index contributed by atoms with van der Waals surface area (Å²) in [5, 5.41) is 0.559. The third-order valence-corrected chi connectivity index (χ3v) is 6.32. The highest BCUT2D eigenvalue weighted by molar-refractivity contribution is 5.99. The van der Waals surface area contributed by atoms with Gasteiger partial charge in [0.15, 0.2) is 5.43 Å². The Morgan fingerprint density at radius 2 is 1.74 bits per heavy atom. The second-order valence-electron chi connectivity index (χ2n) is 9.06. The maximum atomic E-state index is 13.7. The van der Waals surface area contributed by atoms with Gasteiger partial charge in [-0.3, -0.25) is 9.59 Å². The quantitative estimate of drug-likeness (QED) is 0.444. The van der Waals surface area contributed by atoms with Crippen molar-refractivity contribution in [1.29, 1.82) is 0 Å². The van der Waals surface area contributed by atoms with Crippen molar-refractivity contribution < 1.29 is 9.21 Å². The summed E-state index contributed by atoms with van der Waals surface area (Å²) in [5.74, 6) is 0.453. The van der Waals surface area contributed by atoms with E-state index in [1.165, 1.54) is 5.56 Å². The fourth-order valence-corrected chi connectivity index (χ4v) is 4.65. The molecule has 1 aromatic heterocycles. The van der Waals surface area contributed by atoms with Gasteiger partial charge in [-0.25, -0.2) is 0 Å². The Bertz CT molecular complexity index is 1190. The number of carbonyl (C=O) groups is 1. The van der Waals surface area contributed by atoms with Crippen molar-refractivity contribution in [3.05, 3.63) is 80.2 Å². The molecule has 1 atom stereocenters. The van der Waals surface area contributed by atoms with E-state index in [2.05, 4.69) is 45.0 Å². The van der Waals surface area contributed by atoms with Crippen molar-refractivity contribution in [3.8, 4) is 0 Å². The number of nitrogens with zero attached hydrogens (tertiary/aromatic N) is 1. The Morgan fingerprint density at radius 3 is 2.39 bits per heavy atom. The third kappa shape index (κ3) is 3.69. The molecule has 0 bridgehead atoms. The Hall–Kier alpha value is -2.88. The largest absolute Gasteiger partial charge is 0.450 e. The van der Waals surface area contributed by atoms with Gasteiger partial charge in [0.1, 0.15) is 5.58 Å². The highest BCUT2D eigenvalue weighted by Crippen LogP contribution is 2.39. The normalized spacial score (nSPS) is 15.9. The van der Waals surface area contributed by atoms with Gasteiger partial charge in [-0.15, -0.1) is 0 Å². The average Bonchev–Trinajstić information content (AvgIpc) is 3.01. The van der Waals surface area contributed by atoms with Crippen LogP contribution < -0.4 is 5.43 Å². The average molecular weight is 418 g/mol. The fraction of sp³-hybridized carbons (Fsp3) is 0.407. The van der Waals surface area contributed by atoms with Crippen LogP contribution in [0.1, 0.15) is 90.4 Å². The minimum Gasteiger partial charge on any atom is -0.450 e. The van der Waals surface area contributed by atoms with Crippen molar-refractivity contribution in [2.24, 2.45) is 0 Å². The summed E-state index contributed by atoms with van der Waals surface area (Å²) in [7, 11) is 0. The van der Waals surface area contributed by atoms with Crippen LogP contribution in [0.2, 0.25) is 0 Å². The molecular formula is C27H31NO3. The molecule has 0 aliphatic carbocycles. The van der Waals surface area contributed by atoms with Crippen molar-refractivity contribution in [1.82, 2.24) is 4.90 Å². The molecular weight excluding hydrogens is 386 g/mol. The molecule has 0 N–H and O–H groups in total. The number of fused-ring (bicyclic) bond motifs is 2. The molecule has 2 heterocycles. The van der Waals surface area contributed by atoms with Gasteiger partial charge in [0.2, 0.25) is 5.76 Å². The number of aryl methyl sites for hydroxylation is 2. The number of rotatable bonds is 6. The lowest BCUT2D eigenvalue weighted by Crippen LogP contribution is -2.30. The van der Waals surface area contributed by atoms with Crippen molar-refractivity contribution >= 4 is 16.9 Å². The van der Waals surface area contributed by atoms with Gasteiger partial charge < -0.3 is 9.32 Å². The molecule has 4 nitrogen and oxygen atoms in total. The second-order valence-corrected chi connectivity index (χ2v) is 9.06. The number of unbranched alkanes of at least 4 members (excludes halogenated alkanes) is 2. The van der Waals surface area contributed by atoms with Crippen LogP contribution in [0.4, 0.5) is 0 Å². The molecule has 2 aromatic carbocycles. The van der Waals surface area contributed by atoms with Crippen molar-refractivity contribution in [2.75, 3.05) is 6.54 Å². The minimum atomic E-state index is -0.401. The van der Waals surface area contributed by atoms with E-state index in [9.17, 15) is 9.59 Å². The topological polar surface area (TPSA) is 50.5 Å². The van der Waals surface area contributed by atoms with E-state index in [0.29, 0.717) is 29.0 Å². The molecule has 1 aliphatic heterocycles. The van der Waals surface area contributed by atoms with E-state index in [4.69, 9.17) is 4.42 Å². The van der Waals surface area contributed by atoms with Crippen LogP contribution in [0, 0.1) is 13.8 Å². The van der Waals surface area contributed by atoms with Crippen LogP contribution in [0.15, 0.2) is 45.6 Å². The fourth-order valence-electron chi connectivity index (χ4n) is 4.65. The number of benzene rings is 2. The van der Waals surface area contributed by atoms with E-state index >= 15 is 0 Å². The lowest BCUT2D eigenvalue weighted by Gasteiger charge is -2.25. The highest BCUT2D eigenvalue weighted by Gasteiger charge is 2.42. The standard InChI is InChI=1S/C27H31NO3/c1-6-7-8-13-28-23(20-11-9-19(10-12-20)16(2)3)22-24(29)21-15-17(4)14-18(5)25(21)31-26(22)27(28)30/h9-12,14-16,23H,6-8,13H2,1-5H3. The van der Waals surface area contributed by atoms with E-state index in [0.717, 1.165) is 36.0 Å². The zero-order valence-corrected chi connectivity index (χ0v) is 19.1. The monoisotopic (exact) mass is 417 g/mol. The van der Waals surface area contributed by atoms with Gasteiger partial charge in [0.25, 0.3) is 5.91 Å². The predicted octanol–water partition coefficient (Wildman–Crippen LogP) is 6.27. The van der Waals surface area contributed by atoms with Crippen molar-refractivity contribution in [2.45, 2.75) is 65.8 Å². The third-order valence-electron chi connectivity index (χ3n) is 6.32. The second kappa shape index (κ2) is 8.33. The molecule has 0 saturated carbocycles. The summed E-state index contributed by atoms with van der Waals surface area (Å²) in [6.07, 6.45) is 3.02. The van der Waals surface area contributed by atoms with Gasteiger partial charge in [0, 0.05) is 6.54 Å². The first kappa shape index (κ1) is 21.4. The smallest absolute Gasteiger partial charge is 0.290 e. The Balaban J connectivity index is 1.91. The number of hydrogen-bond donors (Lipinski definition) is 0. The summed E-state index contributed by atoms with van der Waals surface area (Å²) in [6, 6.07) is 11.8. The molecule has 0 spiro atoms. The van der Waals surface area contributed by atoms with Gasteiger partial charge in [-0.05, 0) is 54.5 Å². The maximum absolute atomic E-state index is 13.7. The molecule has 0 saturated heterocycles. The first-order valence-corrected chi connectivity index (χ1v) is 11.3. The molecule has 162 valence electrons. The maximum Gasteiger partial charge on any atom is 0.290 e. The first-order valence-electron chi connectivity index (χ1n) is 11.3. The van der Waals surface area contributed by atoms with Gasteiger partial charge in [0.05, 0.1) is 17.0 Å². The summed E-state index contributed by atoms with van der Waals surface area (Å²) >= 11 is 0. The van der Waals surface area contributed by atoms with E-state index in [1.54, 1.807) is 0 Å². The minimum absolute atomic E-state index is 0.0904. The number of amides is 1. The molecule has 1 unspecified atom stereocenters. The molecule has 4 heteroatoms. The van der Waals surface area contributed by atoms with Crippen LogP contribution in [0.3, 0.4) is 0 Å². The molecule has 0 radical (unpaired) electrons. The van der Waals surface area contributed by atoms with Crippen molar-refractivity contribution in [3.63, 3.8) is 0 Å². The van der Waals surface area contributed by atoms with Gasteiger partial charge in [-0.2, -0.15) is 0 Å². The van der Waals surface area contributed by atoms with E-state index in [-0.39, 0.29) is 17.1 Å². The van der Waals surface area contributed by atoms with Crippen LogP contribution in [-0.4, -0.2) is 17.4 Å². The first-order chi connectivity index (χ1) is 14.8. The van der Waals surface area contributed by atoms with Crippen LogP contribution in [-0.2, 0) is 0 Å². The van der Waals surface area contributed by atoms with Crippen LogP contribution in [0.5, 0.6) is 0 Å². The summed E-state index contributed by atoms with van der Waals surface area (Å²) in [6.45, 7) is 11.0.